The molecule has 0 aromatic carbocycles. The van der Waals surface area contributed by atoms with Gasteiger partial charge in [-0.15, -0.1) is 0 Å². The highest BCUT2D eigenvalue weighted by atomic mass is 16.6. The van der Waals surface area contributed by atoms with E-state index in [0.29, 0.717) is 17.9 Å². The van der Waals surface area contributed by atoms with E-state index in [1.165, 1.54) is 6.20 Å². The first-order valence-corrected chi connectivity index (χ1v) is 5.00. The Hall–Kier alpha value is -2.44. The Labute approximate surface area is 97.1 Å². The fourth-order valence-electron chi connectivity index (χ4n) is 1.47. The quantitative estimate of drug-likeness (QED) is 0.618. The average molecular weight is 233 g/mol. The van der Waals surface area contributed by atoms with Gasteiger partial charge >= 0.3 is 5.69 Å². The van der Waals surface area contributed by atoms with E-state index in [9.17, 15) is 10.1 Å². The summed E-state index contributed by atoms with van der Waals surface area (Å²) in [6.07, 6.45) is 4.84. The number of nitrogens with zero attached hydrogens (tertiary/aromatic N) is 3. The van der Waals surface area contributed by atoms with Gasteiger partial charge in [0, 0.05) is 24.2 Å². The summed E-state index contributed by atoms with van der Waals surface area (Å²) in [4.78, 5) is 21.3. The number of hydrogen-bond acceptors (Lipinski definition) is 5. The second kappa shape index (κ2) is 4.60. The number of nitro groups is 1. The van der Waals surface area contributed by atoms with Gasteiger partial charge in [-0.25, -0.2) is 9.97 Å². The van der Waals surface area contributed by atoms with Crippen molar-refractivity contribution in [2.45, 2.75) is 13.5 Å². The Kier molecular flexibility index (Phi) is 2.99. The number of aromatic amines is 1. The minimum Gasteiger partial charge on any atom is -0.357 e. The first-order chi connectivity index (χ1) is 8.18. The predicted octanol–water partition coefficient (Wildman–Crippen LogP) is 1.63. The molecule has 0 aliphatic heterocycles. The molecule has 7 nitrogen and oxygen atoms in total. The molecule has 0 spiro atoms. The second-order valence-electron chi connectivity index (χ2n) is 3.47. The van der Waals surface area contributed by atoms with Crippen LogP contribution in [0.1, 0.15) is 11.4 Å². The lowest BCUT2D eigenvalue weighted by atomic mass is 10.2. The lowest BCUT2D eigenvalue weighted by Crippen LogP contribution is -2.06. The van der Waals surface area contributed by atoms with E-state index in [1.54, 1.807) is 25.4 Å². The van der Waals surface area contributed by atoms with Crippen molar-refractivity contribution in [3.63, 3.8) is 0 Å². The van der Waals surface area contributed by atoms with Crippen molar-refractivity contribution < 1.29 is 4.92 Å². The molecule has 0 amide bonds. The molecule has 2 heterocycles. The van der Waals surface area contributed by atoms with Crippen LogP contribution < -0.4 is 5.32 Å². The minimum atomic E-state index is -0.438. The number of pyridine rings is 1. The van der Waals surface area contributed by atoms with Crippen molar-refractivity contribution in [2.75, 3.05) is 5.32 Å². The van der Waals surface area contributed by atoms with Crippen LogP contribution in [0.25, 0.3) is 0 Å². The molecule has 2 N–H and O–H groups in total. The molecule has 0 bridgehead atoms. The van der Waals surface area contributed by atoms with Gasteiger partial charge in [0.2, 0.25) is 5.82 Å². The van der Waals surface area contributed by atoms with Crippen LogP contribution in [-0.2, 0) is 6.54 Å². The number of hydrogen-bond donors (Lipinski definition) is 2. The van der Waals surface area contributed by atoms with E-state index in [1.807, 2.05) is 0 Å². The number of H-pyrrole nitrogens is 1. The van der Waals surface area contributed by atoms with Crippen molar-refractivity contribution in [3.05, 3.63) is 46.2 Å². The molecular formula is C10H11N5O2. The van der Waals surface area contributed by atoms with Gasteiger partial charge in [0.1, 0.15) is 5.82 Å². The van der Waals surface area contributed by atoms with Gasteiger partial charge in [0.05, 0.1) is 11.5 Å². The third kappa shape index (κ3) is 2.39. The van der Waals surface area contributed by atoms with Crippen LogP contribution in [0, 0.1) is 17.0 Å². The third-order valence-electron chi connectivity index (χ3n) is 2.29. The molecular weight excluding hydrogens is 222 g/mol. The van der Waals surface area contributed by atoms with Crippen molar-refractivity contribution in [1.82, 2.24) is 15.0 Å². The molecule has 0 unspecified atom stereocenters. The van der Waals surface area contributed by atoms with Crippen LogP contribution in [0.3, 0.4) is 0 Å². The van der Waals surface area contributed by atoms with Crippen LogP contribution in [0.15, 0.2) is 24.7 Å². The summed E-state index contributed by atoms with van der Waals surface area (Å²) in [5, 5.41) is 13.8. The van der Waals surface area contributed by atoms with E-state index in [2.05, 4.69) is 20.3 Å². The van der Waals surface area contributed by atoms with Gasteiger partial charge < -0.3 is 10.3 Å². The van der Waals surface area contributed by atoms with E-state index >= 15 is 0 Å². The van der Waals surface area contributed by atoms with E-state index in [0.717, 1.165) is 0 Å². The van der Waals surface area contributed by atoms with Gasteiger partial charge in [-0.1, -0.05) is 0 Å². The van der Waals surface area contributed by atoms with Gasteiger partial charge in [0.25, 0.3) is 0 Å². The van der Waals surface area contributed by atoms with Gasteiger partial charge in [-0.05, 0) is 13.0 Å². The molecule has 0 radical (unpaired) electrons. The number of aromatic nitrogens is 3. The van der Waals surface area contributed by atoms with Crippen LogP contribution in [0.5, 0.6) is 0 Å². The lowest BCUT2D eigenvalue weighted by Gasteiger charge is -2.05. The fourth-order valence-corrected chi connectivity index (χ4v) is 1.47. The Balaban J connectivity index is 2.21. The van der Waals surface area contributed by atoms with Crippen LogP contribution in [0.2, 0.25) is 0 Å². The third-order valence-corrected chi connectivity index (χ3v) is 2.29. The summed E-state index contributed by atoms with van der Waals surface area (Å²) in [6, 6.07) is 1.61. The number of rotatable bonds is 4. The van der Waals surface area contributed by atoms with E-state index < -0.39 is 4.92 Å². The summed E-state index contributed by atoms with van der Waals surface area (Å²) < 4.78 is 0. The summed E-state index contributed by atoms with van der Waals surface area (Å²) in [7, 11) is 0. The summed E-state index contributed by atoms with van der Waals surface area (Å²) in [5.74, 6) is 0.953. The van der Waals surface area contributed by atoms with Crippen molar-refractivity contribution in [3.8, 4) is 0 Å². The normalized spacial score (nSPS) is 10.2. The zero-order valence-electron chi connectivity index (χ0n) is 9.17. The predicted molar refractivity (Wildman–Crippen MR) is 61.5 cm³/mol. The lowest BCUT2D eigenvalue weighted by molar-refractivity contribution is -0.384. The maximum atomic E-state index is 10.9. The largest absolute Gasteiger partial charge is 0.357 e. The molecule has 0 saturated carbocycles. The number of aryl methyl sites for hydroxylation is 1. The van der Waals surface area contributed by atoms with Gasteiger partial charge in [-0.3, -0.25) is 10.1 Å². The highest BCUT2D eigenvalue weighted by Crippen LogP contribution is 2.25. The Morgan fingerprint density at radius 1 is 1.47 bits per heavy atom. The summed E-state index contributed by atoms with van der Waals surface area (Å²) in [6.45, 7) is 2.04. The van der Waals surface area contributed by atoms with Crippen molar-refractivity contribution in [2.24, 2.45) is 0 Å². The molecule has 0 saturated heterocycles. The zero-order chi connectivity index (χ0) is 12.3. The second-order valence-corrected chi connectivity index (χ2v) is 3.47. The summed E-state index contributed by atoms with van der Waals surface area (Å²) in [5.41, 5.74) is 0.575. The molecule has 0 aliphatic rings. The van der Waals surface area contributed by atoms with Crippen LogP contribution >= 0.6 is 0 Å². The molecule has 17 heavy (non-hydrogen) atoms. The Morgan fingerprint density at radius 2 is 2.29 bits per heavy atom. The molecule has 2 rings (SSSR count). The first-order valence-electron chi connectivity index (χ1n) is 5.00. The minimum absolute atomic E-state index is 0.000874. The monoisotopic (exact) mass is 233 g/mol. The summed E-state index contributed by atoms with van der Waals surface area (Å²) >= 11 is 0. The SMILES string of the molecule is Cc1ccnc(NCc2ncc[nH]2)c1[N+](=O)[O-]. The molecule has 2 aromatic heterocycles. The zero-order valence-corrected chi connectivity index (χ0v) is 9.17. The molecule has 2 aromatic rings. The number of imidazole rings is 1. The number of anilines is 1. The van der Waals surface area contributed by atoms with Gasteiger partial charge in [-0.2, -0.15) is 0 Å². The van der Waals surface area contributed by atoms with Crippen LogP contribution in [-0.4, -0.2) is 19.9 Å². The maximum absolute atomic E-state index is 10.9. The first kappa shape index (κ1) is 11.1. The van der Waals surface area contributed by atoms with Crippen molar-refractivity contribution in [1.29, 1.82) is 0 Å². The fraction of sp³-hybridized carbons (Fsp3) is 0.200. The Bertz CT molecular complexity index is 523. The van der Waals surface area contributed by atoms with E-state index in [-0.39, 0.29) is 11.5 Å². The Morgan fingerprint density at radius 3 is 2.94 bits per heavy atom. The maximum Gasteiger partial charge on any atom is 0.314 e. The topological polar surface area (TPSA) is 96.7 Å². The van der Waals surface area contributed by atoms with Crippen LogP contribution in [0.4, 0.5) is 11.5 Å². The van der Waals surface area contributed by atoms with E-state index in [4.69, 9.17) is 0 Å². The molecule has 0 aliphatic carbocycles. The molecule has 88 valence electrons. The highest BCUT2D eigenvalue weighted by Gasteiger charge is 2.18. The number of nitrogens with one attached hydrogen (secondary N) is 2. The average Bonchev–Trinajstić information content (AvgIpc) is 2.78. The van der Waals surface area contributed by atoms with Gasteiger partial charge in [0.15, 0.2) is 0 Å². The molecule has 7 heteroatoms. The smallest absolute Gasteiger partial charge is 0.314 e. The molecule has 0 fully saturated rings. The standard InChI is InChI=1S/C10H11N5O2/c1-7-2-3-13-10(9(7)15(16)17)14-6-8-11-4-5-12-8/h2-5H,6H2,1H3,(H,11,12)(H,13,14). The van der Waals surface area contributed by atoms with Crippen molar-refractivity contribution >= 4 is 11.5 Å². The molecule has 0 atom stereocenters. The highest BCUT2D eigenvalue weighted by molar-refractivity contribution is 5.59.